The summed E-state index contributed by atoms with van der Waals surface area (Å²) in [7, 11) is 0. The molecule has 0 saturated carbocycles. The zero-order chi connectivity index (χ0) is 28.1. The van der Waals surface area contributed by atoms with Gasteiger partial charge in [-0.15, -0.1) is 0 Å². The summed E-state index contributed by atoms with van der Waals surface area (Å²) in [5.74, 6) is -2.84. The van der Waals surface area contributed by atoms with Gasteiger partial charge in [0.25, 0.3) is 0 Å². The van der Waals surface area contributed by atoms with Crippen LogP contribution in [0.1, 0.15) is 60.6 Å². The van der Waals surface area contributed by atoms with Gasteiger partial charge in [-0.2, -0.15) is 13.2 Å². The number of rotatable bonds is 7. The maximum Gasteiger partial charge on any atom is 0.418 e. The minimum absolute atomic E-state index is 0.00752. The van der Waals surface area contributed by atoms with E-state index in [2.05, 4.69) is 15.6 Å². The van der Waals surface area contributed by atoms with Gasteiger partial charge in [0.05, 0.1) is 17.0 Å². The average Bonchev–Trinajstić information content (AvgIpc) is 3.24. The monoisotopic (exact) mass is 541 g/mol. The Morgan fingerprint density at radius 1 is 1.15 bits per heavy atom. The fourth-order valence-electron chi connectivity index (χ4n) is 5.81. The van der Waals surface area contributed by atoms with Gasteiger partial charge in [-0.25, -0.2) is 4.79 Å². The van der Waals surface area contributed by atoms with Gasteiger partial charge >= 0.3 is 12.1 Å². The summed E-state index contributed by atoms with van der Waals surface area (Å²) < 4.78 is 40.8. The molecule has 5 rings (SSSR count). The highest BCUT2D eigenvalue weighted by Crippen LogP contribution is 2.40. The van der Waals surface area contributed by atoms with Crippen LogP contribution in [0.4, 0.5) is 13.2 Å². The molecule has 0 saturated heterocycles. The molecule has 0 radical (unpaired) electrons. The number of aromatic amines is 1. The third-order valence-corrected chi connectivity index (χ3v) is 8.35. The SMILES string of the molecule is CCC(C)[C@H](NC(=O)C1Cc2ccccc21)C(=O)N[C@]1(C(=O)O)CCc2[nH]c3c(C(F)(F)F)cccc3c2C1. The summed E-state index contributed by atoms with van der Waals surface area (Å²) in [4.78, 5) is 42.1. The first-order valence-corrected chi connectivity index (χ1v) is 13.1. The summed E-state index contributed by atoms with van der Waals surface area (Å²) in [5, 5.41) is 16.1. The molecule has 0 bridgehead atoms. The Labute approximate surface area is 223 Å². The lowest BCUT2D eigenvalue weighted by atomic mass is 9.76. The van der Waals surface area contributed by atoms with E-state index in [-0.39, 0.29) is 47.9 Å². The number of benzene rings is 2. The zero-order valence-corrected chi connectivity index (χ0v) is 21.6. The fourth-order valence-corrected chi connectivity index (χ4v) is 5.81. The van der Waals surface area contributed by atoms with E-state index in [0.717, 1.165) is 17.2 Å². The number of fused-ring (bicyclic) bond motifs is 4. The van der Waals surface area contributed by atoms with E-state index in [1.165, 1.54) is 12.1 Å². The molecule has 4 N–H and O–H groups in total. The molecule has 2 aromatic carbocycles. The average molecular weight is 542 g/mol. The van der Waals surface area contributed by atoms with Crippen molar-refractivity contribution in [2.24, 2.45) is 5.92 Å². The topological polar surface area (TPSA) is 111 Å². The smallest absolute Gasteiger partial charge is 0.418 e. The molecule has 2 amide bonds. The van der Waals surface area contributed by atoms with Crippen molar-refractivity contribution >= 4 is 28.7 Å². The van der Waals surface area contributed by atoms with Crippen LogP contribution in [0.15, 0.2) is 42.5 Å². The normalized spacial score (nSPS) is 21.7. The number of aryl methyl sites for hydroxylation is 1. The van der Waals surface area contributed by atoms with E-state index in [1.807, 2.05) is 38.1 Å². The van der Waals surface area contributed by atoms with E-state index < -0.39 is 35.2 Å². The van der Waals surface area contributed by atoms with Crippen LogP contribution in [-0.4, -0.2) is 39.5 Å². The van der Waals surface area contributed by atoms with Crippen LogP contribution in [0.25, 0.3) is 10.9 Å². The Hall–Kier alpha value is -3.82. The second-order valence-electron chi connectivity index (χ2n) is 10.7. The minimum atomic E-state index is -4.58. The molecule has 10 heteroatoms. The Morgan fingerprint density at radius 3 is 2.56 bits per heavy atom. The predicted octanol–water partition coefficient (Wildman–Crippen LogP) is 4.49. The van der Waals surface area contributed by atoms with Crippen molar-refractivity contribution in [1.29, 1.82) is 0 Å². The van der Waals surface area contributed by atoms with Gasteiger partial charge in [0, 0.05) is 17.5 Å². The summed E-state index contributed by atoms with van der Waals surface area (Å²) in [6, 6.07) is 10.4. The number of aromatic nitrogens is 1. The lowest BCUT2D eigenvalue weighted by Crippen LogP contribution is -2.63. The molecular weight excluding hydrogens is 511 g/mol. The molecule has 39 heavy (non-hydrogen) atoms. The number of carboxylic acid groups (broad SMARTS) is 1. The Morgan fingerprint density at radius 2 is 1.90 bits per heavy atom. The van der Waals surface area contributed by atoms with Crippen molar-refractivity contribution in [3.05, 3.63) is 70.4 Å². The molecule has 0 spiro atoms. The number of carboxylic acids is 1. The number of H-pyrrole nitrogens is 1. The number of halogens is 3. The number of aliphatic carboxylic acids is 1. The van der Waals surface area contributed by atoms with Crippen molar-refractivity contribution in [3.8, 4) is 0 Å². The van der Waals surface area contributed by atoms with Crippen LogP contribution < -0.4 is 10.6 Å². The molecule has 7 nitrogen and oxygen atoms in total. The minimum Gasteiger partial charge on any atom is -0.479 e. The van der Waals surface area contributed by atoms with E-state index in [4.69, 9.17) is 0 Å². The van der Waals surface area contributed by atoms with Crippen LogP contribution in [0, 0.1) is 5.92 Å². The lowest BCUT2D eigenvalue weighted by molar-refractivity contribution is -0.149. The van der Waals surface area contributed by atoms with E-state index in [9.17, 15) is 32.7 Å². The van der Waals surface area contributed by atoms with Gasteiger partial charge in [-0.05, 0) is 47.9 Å². The first-order chi connectivity index (χ1) is 18.4. The number of amides is 2. The number of hydrogen-bond acceptors (Lipinski definition) is 3. The molecule has 2 aliphatic carbocycles. The third-order valence-electron chi connectivity index (χ3n) is 8.35. The molecule has 0 aliphatic heterocycles. The van der Waals surface area contributed by atoms with E-state index >= 15 is 0 Å². The predicted molar refractivity (Wildman–Crippen MR) is 138 cm³/mol. The summed E-state index contributed by atoms with van der Waals surface area (Å²) in [5.41, 5.74) is 0.329. The Kier molecular flexibility index (Phi) is 6.68. The summed E-state index contributed by atoms with van der Waals surface area (Å²) in [6.07, 6.45) is -3.49. The van der Waals surface area contributed by atoms with Crippen molar-refractivity contribution in [1.82, 2.24) is 15.6 Å². The number of carbonyl (C=O) groups is 3. The molecular formula is C29H30F3N3O4. The number of alkyl halides is 3. The maximum atomic E-state index is 13.6. The lowest BCUT2D eigenvalue weighted by Gasteiger charge is -2.37. The van der Waals surface area contributed by atoms with Gasteiger partial charge in [0.15, 0.2) is 0 Å². The zero-order valence-electron chi connectivity index (χ0n) is 21.6. The highest BCUT2D eigenvalue weighted by atomic mass is 19.4. The first-order valence-electron chi connectivity index (χ1n) is 13.1. The van der Waals surface area contributed by atoms with Crippen molar-refractivity contribution < 1.29 is 32.7 Å². The van der Waals surface area contributed by atoms with Crippen molar-refractivity contribution in [2.75, 3.05) is 0 Å². The van der Waals surface area contributed by atoms with Crippen LogP contribution >= 0.6 is 0 Å². The highest BCUT2D eigenvalue weighted by Gasteiger charge is 2.46. The molecule has 1 heterocycles. The molecule has 2 unspecified atom stereocenters. The van der Waals surface area contributed by atoms with Crippen LogP contribution in [0.3, 0.4) is 0 Å². The van der Waals surface area contributed by atoms with Gasteiger partial charge in [0.2, 0.25) is 11.8 Å². The number of nitrogens with one attached hydrogen (secondary N) is 3. The quantitative estimate of drug-likeness (QED) is 0.353. The van der Waals surface area contributed by atoms with Gasteiger partial charge in [0.1, 0.15) is 11.6 Å². The van der Waals surface area contributed by atoms with Crippen molar-refractivity contribution in [2.45, 2.75) is 69.6 Å². The second kappa shape index (κ2) is 9.73. The second-order valence-corrected chi connectivity index (χ2v) is 10.7. The molecule has 1 aromatic heterocycles. The fraction of sp³-hybridized carbons (Fsp3) is 0.414. The summed E-state index contributed by atoms with van der Waals surface area (Å²) in [6.45, 7) is 3.68. The van der Waals surface area contributed by atoms with Gasteiger partial charge < -0.3 is 20.7 Å². The molecule has 4 atom stereocenters. The molecule has 2 aliphatic rings. The maximum absolute atomic E-state index is 13.6. The van der Waals surface area contributed by atoms with E-state index in [0.29, 0.717) is 24.1 Å². The summed E-state index contributed by atoms with van der Waals surface area (Å²) >= 11 is 0. The van der Waals surface area contributed by atoms with Gasteiger partial charge in [-0.1, -0.05) is 56.7 Å². The highest BCUT2D eigenvalue weighted by molar-refractivity contribution is 5.96. The van der Waals surface area contributed by atoms with Crippen molar-refractivity contribution in [3.63, 3.8) is 0 Å². The van der Waals surface area contributed by atoms with Crippen LogP contribution in [0.5, 0.6) is 0 Å². The van der Waals surface area contributed by atoms with E-state index in [1.54, 1.807) is 0 Å². The van der Waals surface area contributed by atoms with Crippen LogP contribution in [-0.2, 0) is 39.8 Å². The number of carbonyl (C=O) groups excluding carboxylic acids is 2. The van der Waals surface area contributed by atoms with Crippen LogP contribution in [0.2, 0.25) is 0 Å². The largest absolute Gasteiger partial charge is 0.479 e. The Bertz CT molecular complexity index is 1460. The number of hydrogen-bond donors (Lipinski definition) is 4. The molecule has 0 fully saturated rings. The molecule has 3 aromatic rings. The number of para-hydroxylation sites is 1. The standard InChI is InChI=1S/C29H30F3N3O4/c1-3-15(2)23(34-25(36)19-13-16-7-4-5-8-17(16)19)26(37)35-28(27(38)39)12-11-22-20(14-28)18-9-6-10-21(24(18)33-22)29(30,31)32/h4-10,15,19,23,33H,3,11-14H2,1-2H3,(H,34,36)(H,35,37)(H,38,39)/t15?,19?,23-,28+/m0/s1. The molecule has 206 valence electrons. The first kappa shape index (κ1) is 26.8. The third kappa shape index (κ3) is 4.66. The Balaban J connectivity index is 1.41. The van der Waals surface area contributed by atoms with Gasteiger partial charge in [-0.3, -0.25) is 9.59 Å².